The Morgan fingerprint density at radius 1 is 0.447 bits per heavy atom. The van der Waals surface area contributed by atoms with Crippen molar-refractivity contribution in [2.45, 2.75) is 5.41 Å². The Morgan fingerprint density at radius 2 is 1.02 bits per heavy atom. The molecule has 1 atom stereocenters. The minimum Gasteiger partial charge on any atom is -0.453 e. The maximum Gasteiger partial charge on any atom is 0.171 e. The van der Waals surface area contributed by atoms with Crippen LogP contribution >= 0.6 is 7.14 Å². The van der Waals surface area contributed by atoms with E-state index in [1.807, 2.05) is 72.8 Å². The van der Waals surface area contributed by atoms with Crippen molar-refractivity contribution >= 4 is 40.1 Å². The zero-order chi connectivity index (χ0) is 31.2. The molecule has 47 heavy (non-hydrogen) atoms. The van der Waals surface area contributed by atoms with Crippen LogP contribution < -0.4 is 25.6 Å². The van der Waals surface area contributed by atoms with Gasteiger partial charge < -0.3 is 14.2 Å². The number of nitrogens with zero attached hydrogens (tertiary/aromatic N) is 1. The second-order valence-corrected chi connectivity index (χ2v) is 15.1. The summed E-state index contributed by atoms with van der Waals surface area (Å²) >= 11 is 0. The van der Waals surface area contributed by atoms with Crippen LogP contribution in [-0.2, 0) is 9.98 Å². The number of ether oxygens (including phenoxy) is 1. The van der Waals surface area contributed by atoms with Crippen molar-refractivity contribution < 1.29 is 9.30 Å². The summed E-state index contributed by atoms with van der Waals surface area (Å²) in [5.74, 6) is 1.69. The lowest BCUT2D eigenvalue weighted by Gasteiger charge is -2.47. The molecule has 7 aromatic carbocycles. The van der Waals surface area contributed by atoms with Gasteiger partial charge in [0.25, 0.3) is 0 Å². The van der Waals surface area contributed by atoms with Gasteiger partial charge in [0.15, 0.2) is 18.6 Å². The van der Waals surface area contributed by atoms with Crippen LogP contribution in [0.3, 0.4) is 0 Å². The van der Waals surface area contributed by atoms with E-state index >= 15 is 4.57 Å². The zero-order valence-corrected chi connectivity index (χ0v) is 26.3. The van der Waals surface area contributed by atoms with Crippen molar-refractivity contribution in [1.82, 2.24) is 0 Å². The number of para-hydroxylation sites is 4. The molecular formula is C43H28NO2P. The summed E-state index contributed by atoms with van der Waals surface area (Å²) in [6, 6.07) is 58.7. The smallest absolute Gasteiger partial charge is 0.171 e. The van der Waals surface area contributed by atoms with Gasteiger partial charge in [0.05, 0.1) is 22.5 Å². The number of rotatable bonds is 3. The van der Waals surface area contributed by atoms with Gasteiger partial charge in [0, 0.05) is 15.9 Å². The van der Waals surface area contributed by atoms with Crippen LogP contribution in [0.1, 0.15) is 22.3 Å². The highest BCUT2D eigenvalue weighted by atomic mass is 31.2. The van der Waals surface area contributed by atoms with Crippen molar-refractivity contribution in [3.8, 4) is 22.6 Å². The molecule has 4 heteroatoms. The molecule has 0 saturated heterocycles. The number of hydrogen-bond acceptors (Lipinski definition) is 3. The topological polar surface area (TPSA) is 29.5 Å². The monoisotopic (exact) mass is 621 g/mol. The third-order valence-corrected chi connectivity index (χ3v) is 13.2. The first-order chi connectivity index (χ1) is 23.2. The Hall–Kier alpha value is -5.63. The van der Waals surface area contributed by atoms with Gasteiger partial charge in [-0.2, -0.15) is 0 Å². The number of fused-ring (bicyclic) bond motifs is 11. The van der Waals surface area contributed by atoms with E-state index in [0.29, 0.717) is 0 Å². The quantitative estimate of drug-likeness (QED) is 0.184. The number of benzene rings is 7. The van der Waals surface area contributed by atoms with Gasteiger partial charge in [-0.1, -0.05) is 140 Å². The van der Waals surface area contributed by atoms with E-state index in [-0.39, 0.29) is 0 Å². The lowest BCUT2D eigenvalue weighted by molar-refractivity contribution is 0.473. The summed E-state index contributed by atoms with van der Waals surface area (Å²) in [7, 11) is -3.18. The molecule has 0 N–H and O–H groups in total. The van der Waals surface area contributed by atoms with E-state index in [1.165, 1.54) is 22.3 Å². The Bertz CT molecular complexity index is 2390. The molecule has 222 valence electrons. The van der Waals surface area contributed by atoms with Gasteiger partial charge in [-0.15, -0.1) is 0 Å². The summed E-state index contributed by atoms with van der Waals surface area (Å²) in [4.78, 5) is 2.37. The standard InChI is InChI=1S/C43H28NO2P/c45-47(29-14-3-1-4-15-29,30-16-5-2-6-17-30)31-26-27-35-33(28-31)32-18-7-8-19-34(32)43(35)36-20-9-10-22-38(36)44-39-23-11-12-24-40(39)46-41-25-13-21-37(43)42(41)44/h1-28H. The molecule has 1 aliphatic carbocycles. The van der Waals surface area contributed by atoms with Gasteiger partial charge >= 0.3 is 0 Å². The lowest BCUT2D eigenvalue weighted by Crippen LogP contribution is -2.37. The molecule has 0 radical (unpaired) electrons. The first-order valence-corrected chi connectivity index (χ1v) is 17.7. The van der Waals surface area contributed by atoms with Crippen LogP contribution in [0, 0.1) is 0 Å². The fourth-order valence-electron chi connectivity index (χ4n) is 8.26. The average molecular weight is 622 g/mol. The third-order valence-electron chi connectivity index (χ3n) is 10.1. The summed E-state index contributed by atoms with van der Waals surface area (Å²) in [6.07, 6.45) is 0. The first kappa shape index (κ1) is 26.6. The fraction of sp³-hybridized carbons (Fsp3) is 0.0233. The minimum absolute atomic E-state index is 0.595. The molecule has 0 aromatic heterocycles. The molecule has 0 amide bonds. The second kappa shape index (κ2) is 9.69. The molecule has 0 saturated carbocycles. The highest BCUT2D eigenvalue weighted by molar-refractivity contribution is 7.85. The summed E-state index contributed by atoms with van der Waals surface area (Å²) in [5.41, 5.74) is 9.72. The molecule has 0 bridgehead atoms. The minimum atomic E-state index is -3.18. The van der Waals surface area contributed by atoms with Crippen LogP contribution in [0.4, 0.5) is 17.1 Å². The summed E-state index contributed by atoms with van der Waals surface area (Å²) < 4.78 is 22.1. The number of anilines is 3. The highest BCUT2D eigenvalue weighted by Gasteiger charge is 2.53. The van der Waals surface area contributed by atoms with Crippen molar-refractivity contribution in [1.29, 1.82) is 0 Å². The van der Waals surface area contributed by atoms with E-state index in [1.54, 1.807) is 0 Å². The van der Waals surface area contributed by atoms with E-state index in [2.05, 4.69) is 102 Å². The Morgan fingerprint density at radius 3 is 1.79 bits per heavy atom. The predicted octanol–water partition coefficient (Wildman–Crippen LogP) is 9.58. The van der Waals surface area contributed by atoms with Crippen LogP contribution in [-0.4, -0.2) is 0 Å². The normalized spacial score (nSPS) is 16.4. The van der Waals surface area contributed by atoms with Crippen LogP contribution in [0.2, 0.25) is 0 Å². The van der Waals surface area contributed by atoms with Crippen LogP contribution in [0.15, 0.2) is 170 Å². The van der Waals surface area contributed by atoms with E-state index < -0.39 is 12.6 Å². The molecule has 10 rings (SSSR count). The lowest BCUT2D eigenvalue weighted by atomic mass is 9.64. The van der Waals surface area contributed by atoms with Crippen molar-refractivity contribution in [3.63, 3.8) is 0 Å². The van der Waals surface area contributed by atoms with E-state index in [4.69, 9.17) is 4.74 Å². The van der Waals surface area contributed by atoms with Crippen molar-refractivity contribution in [2.75, 3.05) is 4.90 Å². The maximum atomic E-state index is 15.5. The number of hydrogen-bond donors (Lipinski definition) is 0. The largest absolute Gasteiger partial charge is 0.453 e. The molecule has 3 aliphatic rings. The molecule has 3 nitrogen and oxygen atoms in total. The zero-order valence-electron chi connectivity index (χ0n) is 25.4. The molecule has 2 heterocycles. The Labute approximate surface area is 273 Å². The maximum absolute atomic E-state index is 15.5. The van der Waals surface area contributed by atoms with Crippen LogP contribution in [0.25, 0.3) is 11.1 Å². The summed E-state index contributed by atoms with van der Waals surface area (Å²) in [5, 5.41) is 2.50. The Kier molecular flexibility index (Phi) is 5.48. The molecule has 2 aliphatic heterocycles. The van der Waals surface area contributed by atoms with Crippen molar-refractivity contribution in [3.05, 3.63) is 192 Å². The van der Waals surface area contributed by atoms with Crippen molar-refractivity contribution in [2.24, 2.45) is 0 Å². The van der Waals surface area contributed by atoms with Gasteiger partial charge in [-0.3, -0.25) is 0 Å². The fourth-order valence-corrected chi connectivity index (χ4v) is 10.9. The van der Waals surface area contributed by atoms with Gasteiger partial charge in [-0.05, 0) is 63.7 Å². The summed E-state index contributed by atoms with van der Waals surface area (Å²) in [6.45, 7) is 0. The molecule has 7 aromatic rings. The third kappa shape index (κ3) is 3.39. The van der Waals surface area contributed by atoms with Gasteiger partial charge in [0.1, 0.15) is 0 Å². The molecule has 1 unspecified atom stereocenters. The van der Waals surface area contributed by atoms with E-state index in [9.17, 15) is 0 Å². The van der Waals surface area contributed by atoms with E-state index in [0.717, 1.165) is 55.6 Å². The predicted molar refractivity (Wildman–Crippen MR) is 191 cm³/mol. The second-order valence-electron chi connectivity index (χ2n) is 12.4. The van der Waals surface area contributed by atoms with Gasteiger partial charge in [0.2, 0.25) is 0 Å². The average Bonchev–Trinajstić information content (AvgIpc) is 3.43. The molecule has 0 fully saturated rings. The first-order valence-electron chi connectivity index (χ1n) is 16.0. The molecule has 1 spiro atoms. The van der Waals surface area contributed by atoms with Crippen LogP contribution in [0.5, 0.6) is 11.5 Å². The Balaban J connectivity index is 1.29. The molecular weight excluding hydrogens is 593 g/mol. The SMILES string of the molecule is O=P(c1ccccc1)(c1ccccc1)c1ccc2c(c1)-c1ccccc1C21c2ccccc2N2c3ccccc3Oc3cccc1c32. The highest BCUT2D eigenvalue weighted by Crippen LogP contribution is 2.66. The van der Waals surface area contributed by atoms with Gasteiger partial charge in [-0.25, -0.2) is 0 Å².